The van der Waals surface area contributed by atoms with E-state index in [1.54, 1.807) is 0 Å². The molecule has 0 spiro atoms. The van der Waals surface area contributed by atoms with Crippen molar-refractivity contribution in [2.75, 3.05) is 0 Å². The van der Waals surface area contributed by atoms with Gasteiger partial charge in [-0.25, -0.2) is 0 Å². The lowest BCUT2D eigenvalue weighted by Crippen LogP contribution is -1.97. The normalized spacial score (nSPS) is 12.1. The molecule has 0 fully saturated rings. The van der Waals surface area contributed by atoms with Crippen LogP contribution in [0.25, 0.3) is 4.91 Å². The van der Waals surface area contributed by atoms with Crippen molar-refractivity contribution < 1.29 is 4.21 Å². The van der Waals surface area contributed by atoms with E-state index < -0.39 is 10.8 Å². The summed E-state index contributed by atoms with van der Waals surface area (Å²) in [4.78, 5) is 0.693. The predicted molar refractivity (Wildman–Crippen MR) is 78.5 cm³/mol. The quantitative estimate of drug-likeness (QED) is 0.810. The summed E-state index contributed by atoms with van der Waals surface area (Å²) in [5.74, 6) is 0.521. The second kappa shape index (κ2) is 5.78. The molecule has 2 rings (SSSR count). The summed E-state index contributed by atoms with van der Waals surface area (Å²) in [6.45, 7) is 5.99. The average molecular weight is 256 g/mol. The standard InChI is InChI=1S/C16H16OS/c1-13-8-10-16(11-9-13)14(2)18(17)12-15-6-4-3-5-7-15/h3-11H,2,12H2,1H3/t18-/m0/s1. The van der Waals surface area contributed by atoms with Gasteiger partial charge in [-0.15, -0.1) is 0 Å². The molecule has 92 valence electrons. The predicted octanol–water partition coefficient (Wildman–Crippen LogP) is 3.91. The summed E-state index contributed by atoms with van der Waals surface area (Å²) in [6, 6.07) is 17.8. The molecule has 2 aromatic carbocycles. The molecule has 0 heterocycles. The summed E-state index contributed by atoms with van der Waals surface area (Å²) >= 11 is 0. The summed E-state index contributed by atoms with van der Waals surface area (Å²) < 4.78 is 12.2. The molecule has 18 heavy (non-hydrogen) atoms. The van der Waals surface area contributed by atoms with Crippen LogP contribution in [0, 0.1) is 6.92 Å². The van der Waals surface area contributed by atoms with Crippen LogP contribution in [0.15, 0.2) is 61.2 Å². The van der Waals surface area contributed by atoms with E-state index in [4.69, 9.17) is 0 Å². The van der Waals surface area contributed by atoms with E-state index in [2.05, 4.69) is 6.58 Å². The fourth-order valence-electron chi connectivity index (χ4n) is 1.68. The van der Waals surface area contributed by atoms with Crippen molar-refractivity contribution in [3.8, 4) is 0 Å². The smallest absolute Gasteiger partial charge is 0.0574 e. The molecule has 1 atom stereocenters. The first kappa shape index (κ1) is 12.8. The van der Waals surface area contributed by atoms with Crippen LogP contribution in [0.2, 0.25) is 0 Å². The highest BCUT2D eigenvalue weighted by Gasteiger charge is 2.08. The Labute approximate surface area is 111 Å². The monoisotopic (exact) mass is 256 g/mol. The first-order valence-corrected chi connectivity index (χ1v) is 7.17. The molecule has 0 aliphatic rings. The fourth-order valence-corrected chi connectivity index (χ4v) is 2.75. The fraction of sp³-hybridized carbons (Fsp3) is 0.125. The van der Waals surface area contributed by atoms with Gasteiger partial charge in [0.2, 0.25) is 0 Å². The number of benzene rings is 2. The maximum absolute atomic E-state index is 12.2. The number of rotatable bonds is 4. The van der Waals surface area contributed by atoms with Crippen LogP contribution in [0.5, 0.6) is 0 Å². The summed E-state index contributed by atoms with van der Waals surface area (Å²) in [5.41, 5.74) is 3.22. The zero-order chi connectivity index (χ0) is 13.0. The van der Waals surface area contributed by atoms with E-state index in [-0.39, 0.29) is 0 Å². The van der Waals surface area contributed by atoms with Crippen molar-refractivity contribution in [3.05, 3.63) is 77.9 Å². The van der Waals surface area contributed by atoms with E-state index in [1.807, 2.05) is 61.5 Å². The van der Waals surface area contributed by atoms with Gasteiger partial charge in [-0.05, 0) is 18.1 Å². The van der Waals surface area contributed by atoms with Gasteiger partial charge in [0.1, 0.15) is 0 Å². The minimum absolute atomic E-state index is 0.521. The van der Waals surface area contributed by atoms with Gasteiger partial charge in [0.05, 0.1) is 16.6 Å². The summed E-state index contributed by atoms with van der Waals surface area (Å²) in [5, 5.41) is 0. The zero-order valence-corrected chi connectivity index (χ0v) is 11.2. The Balaban J connectivity index is 2.10. The molecule has 0 aliphatic heterocycles. The summed E-state index contributed by atoms with van der Waals surface area (Å²) in [7, 11) is -1.07. The lowest BCUT2D eigenvalue weighted by Gasteiger charge is -2.06. The largest absolute Gasteiger partial charge is 0.254 e. The highest BCUT2D eigenvalue weighted by Crippen LogP contribution is 2.19. The maximum Gasteiger partial charge on any atom is 0.0574 e. The van der Waals surface area contributed by atoms with E-state index >= 15 is 0 Å². The maximum atomic E-state index is 12.2. The number of hydrogen-bond donors (Lipinski definition) is 0. The number of hydrogen-bond acceptors (Lipinski definition) is 1. The van der Waals surface area contributed by atoms with E-state index in [0.29, 0.717) is 10.7 Å². The summed E-state index contributed by atoms with van der Waals surface area (Å²) in [6.07, 6.45) is 0. The lowest BCUT2D eigenvalue weighted by molar-refractivity contribution is 0.688. The molecule has 0 bridgehead atoms. The van der Waals surface area contributed by atoms with Gasteiger partial charge in [-0.2, -0.15) is 0 Å². The molecule has 2 aromatic rings. The van der Waals surface area contributed by atoms with E-state index in [1.165, 1.54) is 5.56 Å². The van der Waals surface area contributed by atoms with Gasteiger partial charge in [-0.1, -0.05) is 66.7 Å². The highest BCUT2D eigenvalue weighted by molar-refractivity contribution is 7.93. The van der Waals surface area contributed by atoms with Crippen molar-refractivity contribution in [2.24, 2.45) is 0 Å². The third kappa shape index (κ3) is 3.17. The Morgan fingerprint density at radius 1 is 1.06 bits per heavy atom. The SMILES string of the molecule is C=C(c1ccc(C)cc1)[S@@](=O)Cc1ccccc1. The second-order valence-electron chi connectivity index (χ2n) is 4.26. The molecule has 0 saturated carbocycles. The Bertz CT molecular complexity index is 555. The van der Waals surface area contributed by atoms with Crippen LogP contribution in [-0.4, -0.2) is 4.21 Å². The van der Waals surface area contributed by atoms with Gasteiger partial charge in [0.15, 0.2) is 0 Å². The molecule has 2 heteroatoms. The van der Waals surface area contributed by atoms with Crippen molar-refractivity contribution >= 4 is 15.7 Å². The van der Waals surface area contributed by atoms with Gasteiger partial charge in [0.25, 0.3) is 0 Å². The third-order valence-electron chi connectivity index (χ3n) is 2.79. The molecule has 0 aromatic heterocycles. The van der Waals surface area contributed by atoms with Gasteiger partial charge in [-0.3, -0.25) is 4.21 Å². The van der Waals surface area contributed by atoms with E-state index in [0.717, 1.165) is 11.1 Å². The minimum Gasteiger partial charge on any atom is -0.254 e. The minimum atomic E-state index is -1.07. The van der Waals surface area contributed by atoms with Crippen LogP contribution >= 0.6 is 0 Å². The van der Waals surface area contributed by atoms with Crippen LogP contribution in [0.3, 0.4) is 0 Å². The first-order chi connectivity index (χ1) is 8.66. The average Bonchev–Trinajstić information content (AvgIpc) is 2.40. The lowest BCUT2D eigenvalue weighted by atomic mass is 10.1. The molecule has 0 aliphatic carbocycles. The van der Waals surface area contributed by atoms with Crippen LogP contribution < -0.4 is 0 Å². The highest BCUT2D eigenvalue weighted by atomic mass is 32.2. The van der Waals surface area contributed by atoms with Crippen molar-refractivity contribution in [1.82, 2.24) is 0 Å². The molecule has 1 nitrogen and oxygen atoms in total. The van der Waals surface area contributed by atoms with Crippen molar-refractivity contribution in [3.63, 3.8) is 0 Å². The van der Waals surface area contributed by atoms with Gasteiger partial charge in [0, 0.05) is 4.91 Å². The molecule has 0 saturated heterocycles. The Hall–Kier alpha value is -1.67. The van der Waals surface area contributed by atoms with Crippen LogP contribution in [0.4, 0.5) is 0 Å². The zero-order valence-electron chi connectivity index (χ0n) is 10.4. The van der Waals surface area contributed by atoms with E-state index in [9.17, 15) is 4.21 Å². The second-order valence-corrected chi connectivity index (χ2v) is 5.74. The topological polar surface area (TPSA) is 17.1 Å². The number of aryl methyl sites for hydroxylation is 1. The molecular weight excluding hydrogens is 240 g/mol. The van der Waals surface area contributed by atoms with Gasteiger partial charge < -0.3 is 0 Å². The Kier molecular flexibility index (Phi) is 4.11. The molecule has 0 N–H and O–H groups in total. The molecule has 0 unspecified atom stereocenters. The molecule has 0 amide bonds. The third-order valence-corrected chi connectivity index (χ3v) is 4.17. The molecule has 0 radical (unpaired) electrons. The Morgan fingerprint density at radius 2 is 1.67 bits per heavy atom. The molecular formula is C16H16OS. The van der Waals surface area contributed by atoms with Crippen molar-refractivity contribution in [1.29, 1.82) is 0 Å². The van der Waals surface area contributed by atoms with Crippen molar-refractivity contribution in [2.45, 2.75) is 12.7 Å². The van der Waals surface area contributed by atoms with Crippen LogP contribution in [-0.2, 0) is 16.6 Å². The van der Waals surface area contributed by atoms with Crippen LogP contribution in [0.1, 0.15) is 16.7 Å². The van der Waals surface area contributed by atoms with Gasteiger partial charge >= 0.3 is 0 Å². The first-order valence-electron chi connectivity index (χ1n) is 5.85. The Morgan fingerprint density at radius 3 is 2.28 bits per heavy atom.